The van der Waals surface area contributed by atoms with E-state index in [0.29, 0.717) is 25.3 Å². The van der Waals surface area contributed by atoms with Gasteiger partial charge in [0.15, 0.2) is 5.82 Å². The number of nitrogens with zero attached hydrogens (tertiary/aromatic N) is 4. The number of hydrogen-bond acceptors (Lipinski definition) is 5. The number of ether oxygens (including phenoxy) is 1. The Kier molecular flexibility index (Phi) is 5.12. The maximum atomic E-state index is 12.1. The van der Waals surface area contributed by atoms with Crippen molar-refractivity contribution in [2.75, 3.05) is 18.4 Å². The van der Waals surface area contributed by atoms with Crippen molar-refractivity contribution >= 4 is 17.9 Å². The van der Waals surface area contributed by atoms with Crippen molar-refractivity contribution in [3.05, 3.63) is 42.1 Å². The number of rotatable bonds is 4. The molecule has 0 bridgehead atoms. The minimum absolute atomic E-state index is 0.124. The summed E-state index contributed by atoms with van der Waals surface area (Å²) >= 11 is 0. The first-order valence-corrected chi connectivity index (χ1v) is 7.99. The zero-order valence-electron chi connectivity index (χ0n) is 13.9. The van der Waals surface area contributed by atoms with Crippen molar-refractivity contribution in [1.82, 2.24) is 25.2 Å². The van der Waals surface area contributed by atoms with Crippen LogP contribution in [0, 0.1) is 0 Å². The third-order valence-electron chi connectivity index (χ3n) is 3.83. The first kappa shape index (κ1) is 16.7. The van der Waals surface area contributed by atoms with Crippen LogP contribution in [0.2, 0.25) is 0 Å². The molecule has 132 valence electrons. The summed E-state index contributed by atoms with van der Waals surface area (Å²) in [4.78, 5) is 25.6. The molecule has 1 fully saturated rings. The first-order chi connectivity index (χ1) is 12.1. The van der Waals surface area contributed by atoms with Crippen molar-refractivity contribution in [2.24, 2.45) is 7.05 Å². The second-order valence-corrected chi connectivity index (χ2v) is 5.85. The van der Waals surface area contributed by atoms with Crippen LogP contribution in [0.15, 0.2) is 36.5 Å². The maximum Gasteiger partial charge on any atom is 0.410 e. The molecule has 2 heterocycles. The Bertz CT molecular complexity index is 732. The summed E-state index contributed by atoms with van der Waals surface area (Å²) in [6.07, 6.45) is 1.90. The van der Waals surface area contributed by atoms with E-state index >= 15 is 0 Å². The Morgan fingerprint density at radius 3 is 2.84 bits per heavy atom. The van der Waals surface area contributed by atoms with E-state index in [1.54, 1.807) is 18.1 Å². The molecule has 0 saturated carbocycles. The van der Waals surface area contributed by atoms with E-state index < -0.39 is 0 Å². The van der Waals surface area contributed by atoms with Gasteiger partial charge in [0.1, 0.15) is 6.61 Å². The molecule has 9 nitrogen and oxygen atoms in total. The van der Waals surface area contributed by atoms with Crippen molar-refractivity contribution in [2.45, 2.75) is 19.1 Å². The standard InChI is InChI=1S/C16H20N6O3/c1-21-10-14(19-20-21)18-15(23)17-13-7-8-22(9-13)16(24)25-11-12-5-3-2-4-6-12/h2-6,10,13H,7-9,11H2,1H3,(H2,17,18,23)/t13-/m0/s1. The molecule has 0 radical (unpaired) electrons. The average Bonchev–Trinajstić information content (AvgIpc) is 3.22. The van der Waals surface area contributed by atoms with Crippen LogP contribution >= 0.6 is 0 Å². The molecule has 9 heteroatoms. The van der Waals surface area contributed by atoms with Crippen LogP contribution in [0.4, 0.5) is 15.4 Å². The topological polar surface area (TPSA) is 101 Å². The third kappa shape index (κ3) is 4.69. The second kappa shape index (κ2) is 7.65. The lowest BCUT2D eigenvalue weighted by Gasteiger charge is -2.17. The summed E-state index contributed by atoms with van der Waals surface area (Å²) in [5, 5.41) is 12.9. The lowest BCUT2D eigenvalue weighted by Crippen LogP contribution is -2.40. The molecule has 1 aliphatic heterocycles. The van der Waals surface area contributed by atoms with Crippen LogP contribution in [-0.2, 0) is 18.4 Å². The smallest absolute Gasteiger partial charge is 0.410 e. The Hall–Kier alpha value is -3.10. The lowest BCUT2D eigenvalue weighted by atomic mass is 10.2. The van der Waals surface area contributed by atoms with Gasteiger partial charge in [-0.2, -0.15) is 0 Å². The fraction of sp³-hybridized carbons (Fsp3) is 0.375. The van der Waals surface area contributed by atoms with Crippen molar-refractivity contribution in [3.63, 3.8) is 0 Å². The normalized spacial score (nSPS) is 16.5. The van der Waals surface area contributed by atoms with Crippen LogP contribution in [0.3, 0.4) is 0 Å². The Balaban J connectivity index is 1.41. The molecule has 1 aromatic carbocycles. The van der Waals surface area contributed by atoms with Gasteiger partial charge < -0.3 is 15.0 Å². The molecule has 2 aromatic rings. The minimum Gasteiger partial charge on any atom is -0.445 e. The highest BCUT2D eigenvalue weighted by atomic mass is 16.6. The number of anilines is 1. The molecule has 0 unspecified atom stereocenters. The van der Waals surface area contributed by atoms with E-state index in [9.17, 15) is 9.59 Å². The van der Waals surface area contributed by atoms with E-state index in [0.717, 1.165) is 5.56 Å². The van der Waals surface area contributed by atoms with E-state index in [1.165, 1.54) is 4.68 Å². The fourth-order valence-electron chi connectivity index (χ4n) is 2.60. The van der Waals surface area contributed by atoms with Gasteiger partial charge >= 0.3 is 12.1 Å². The summed E-state index contributed by atoms with van der Waals surface area (Å²) in [6.45, 7) is 1.20. The second-order valence-electron chi connectivity index (χ2n) is 5.85. The number of carbonyl (C=O) groups is 2. The Labute approximate surface area is 144 Å². The lowest BCUT2D eigenvalue weighted by molar-refractivity contribution is 0.103. The van der Waals surface area contributed by atoms with Crippen LogP contribution in [0.25, 0.3) is 0 Å². The fourth-order valence-corrected chi connectivity index (χ4v) is 2.60. The van der Waals surface area contributed by atoms with Crippen LogP contribution in [0.1, 0.15) is 12.0 Å². The molecule has 2 N–H and O–H groups in total. The zero-order chi connectivity index (χ0) is 17.6. The van der Waals surface area contributed by atoms with Gasteiger partial charge in [0.25, 0.3) is 0 Å². The number of hydrogen-bond donors (Lipinski definition) is 2. The number of aryl methyl sites for hydroxylation is 1. The highest BCUT2D eigenvalue weighted by Crippen LogP contribution is 2.12. The molecule has 1 aromatic heterocycles. The summed E-state index contributed by atoms with van der Waals surface area (Å²) < 4.78 is 6.80. The molecular weight excluding hydrogens is 324 g/mol. The molecule has 0 spiro atoms. The first-order valence-electron chi connectivity index (χ1n) is 7.99. The van der Waals surface area contributed by atoms with Gasteiger partial charge in [-0.3, -0.25) is 10.00 Å². The number of amides is 3. The highest BCUT2D eigenvalue weighted by molar-refractivity contribution is 5.88. The van der Waals surface area contributed by atoms with Crippen LogP contribution < -0.4 is 10.6 Å². The van der Waals surface area contributed by atoms with Crippen molar-refractivity contribution in [3.8, 4) is 0 Å². The van der Waals surface area contributed by atoms with Gasteiger partial charge in [0, 0.05) is 26.2 Å². The maximum absolute atomic E-state index is 12.1. The average molecular weight is 344 g/mol. The summed E-state index contributed by atoms with van der Waals surface area (Å²) in [5.74, 6) is 0.372. The molecular formula is C16H20N6O3. The number of carbonyl (C=O) groups excluding carboxylic acids is 2. The van der Waals surface area contributed by atoms with Gasteiger partial charge in [-0.05, 0) is 12.0 Å². The SMILES string of the molecule is Cn1cc(NC(=O)N[C@H]2CCN(C(=O)OCc3ccccc3)C2)nn1. The zero-order valence-corrected chi connectivity index (χ0v) is 13.9. The Morgan fingerprint density at radius 1 is 1.32 bits per heavy atom. The molecule has 0 aliphatic carbocycles. The molecule has 3 rings (SSSR count). The van der Waals surface area contributed by atoms with Crippen molar-refractivity contribution in [1.29, 1.82) is 0 Å². The molecule has 3 amide bonds. The van der Waals surface area contributed by atoms with Gasteiger partial charge in [-0.1, -0.05) is 35.5 Å². The molecule has 1 saturated heterocycles. The van der Waals surface area contributed by atoms with E-state index in [2.05, 4.69) is 20.9 Å². The predicted octanol–water partition coefficient (Wildman–Crippen LogP) is 1.35. The van der Waals surface area contributed by atoms with Gasteiger partial charge in [0.05, 0.1) is 6.20 Å². The number of aromatic nitrogens is 3. The molecule has 1 aliphatic rings. The van der Waals surface area contributed by atoms with Crippen molar-refractivity contribution < 1.29 is 14.3 Å². The largest absolute Gasteiger partial charge is 0.445 e. The summed E-state index contributed by atoms with van der Waals surface area (Å²) in [6, 6.07) is 9.01. The summed E-state index contributed by atoms with van der Waals surface area (Å²) in [7, 11) is 1.71. The van der Waals surface area contributed by atoms with Crippen LogP contribution in [0.5, 0.6) is 0 Å². The quantitative estimate of drug-likeness (QED) is 0.872. The minimum atomic E-state index is -0.373. The predicted molar refractivity (Wildman–Crippen MR) is 89.8 cm³/mol. The number of benzene rings is 1. The summed E-state index contributed by atoms with van der Waals surface area (Å²) in [5.41, 5.74) is 0.938. The van der Waals surface area contributed by atoms with Gasteiger partial charge in [-0.25, -0.2) is 9.59 Å². The number of likely N-dealkylation sites (tertiary alicyclic amines) is 1. The molecule has 25 heavy (non-hydrogen) atoms. The van der Waals surface area contributed by atoms with Gasteiger partial charge in [-0.15, -0.1) is 5.10 Å². The molecule has 1 atom stereocenters. The van der Waals surface area contributed by atoms with Crippen LogP contribution in [-0.4, -0.2) is 51.1 Å². The Morgan fingerprint density at radius 2 is 2.12 bits per heavy atom. The third-order valence-corrected chi connectivity index (χ3v) is 3.83. The van der Waals surface area contributed by atoms with E-state index in [4.69, 9.17) is 4.74 Å². The van der Waals surface area contributed by atoms with E-state index in [1.807, 2.05) is 30.3 Å². The number of urea groups is 1. The number of nitrogens with one attached hydrogen (secondary N) is 2. The van der Waals surface area contributed by atoms with Gasteiger partial charge in [0.2, 0.25) is 0 Å². The van der Waals surface area contributed by atoms with E-state index in [-0.39, 0.29) is 24.8 Å². The monoisotopic (exact) mass is 344 g/mol. The highest BCUT2D eigenvalue weighted by Gasteiger charge is 2.28.